The Morgan fingerprint density at radius 3 is 2.85 bits per heavy atom. The lowest BCUT2D eigenvalue weighted by Crippen LogP contribution is -2.25. The second-order valence-electron chi connectivity index (χ2n) is 8.29. The zero-order valence-electron chi connectivity index (χ0n) is 19.2. The minimum Gasteiger partial charge on any atom is -0.495 e. The molecule has 0 radical (unpaired) electrons. The van der Waals surface area contributed by atoms with Gasteiger partial charge in [-0.15, -0.1) is 0 Å². The van der Waals surface area contributed by atoms with E-state index in [-0.39, 0.29) is 17.0 Å². The Bertz CT molecular complexity index is 1180. The number of ether oxygens (including phenoxy) is 2. The summed E-state index contributed by atoms with van der Waals surface area (Å²) in [6.45, 7) is 2.78. The molecule has 7 nitrogen and oxygen atoms in total. The fourth-order valence-electron chi connectivity index (χ4n) is 4.15. The van der Waals surface area contributed by atoms with Crippen LogP contribution in [0.15, 0.2) is 42.6 Å². The van der Waals surface area contributed by atoms with Gasteiger partial charge in [-0.1, -0.05) is 11.6 Å². The molecule has 1 unspecified atom stereocenters. The van der Waals surface area contributed by atoms with E-state index in [4.69, 9.17) is 21.1 Å². The molecule has 0 saturated carbocycles. The number of carbonyl (C=O) groups excluding carboxylic acids is 1. The van der Waals surface area contributed by atoms with Crippen LogP contribution in [-0.4, -0.2) is 55.7 Å². The van der Waals surface area contributed by atoms with Gasteiger partial charge in [0, 0.05) is 43.9 Å². The number of anilines is 3. The van der Waals surface area contributed by atoms with E-state index in [1.807, 2.05) is 18.2 Å². The molecule has 1 aromatic heterocycles. The molecule has 1 fully saturated rings. The number of aromatic nitrogens is 1. The average molecular weight is 487 g/mol. The quantitative estimate of drug-likeness (QED) is 0.432. The van der Waals surface area contributed by atoms with Crippen molar-refractivity contribution in [2.45, 2.75) is 25.4 Å². The van der Waals surface area contributed by atoms with E-state index in [2.05, 4.69) is 20.5 Å². The van der Waals surface area contributed by atoms with Crippen LogP contribution in [0.25, 0.3) is 10.8 Å². The van der Waals surface area contributed by atoms with Crippen molar-refractivity contribution in [2.75, 3.05) is 44.5 Å². The molecular formula is C25H28ClFN4O3. The average Bonchev–Trinajstić information content (AvgIpc) is 3.29. The van der Waals surface area contributed by atoms with Gasteiger partial charge >= 0.3 is 0 Å². The lowest BCUT2D eigenvalue weighted by atomic mass is 10.1. The van der Waals surface area contributed by atoms with Gasteiger partial charge in [-0.05, 0) is 61.2 Å². The van der Waals surface area contributed by atoms with Crippen molar-refractivity contribution in [1.82, 2.24) is 9.88 Å². The van der Waals surface area contributed by atoms with Crippen LogP contribution < -0.4 is 15.4 Å². The summed E-state index contributed by atoms with van der Waals surface area (Å²) in [6, 6.07) is 9.92. The van der Waals surface area contributed by atoms with Crippen molar-refractivity contribution in [3.63, 3.8) is 0 Å². The number of pyridine rings is 1. The van der Waals surface area contributed by atoms with E-state index < -0.39 is 5.82 Å². The first-order valence-electron chi connectivity index (χ1n) is 11.2. The molecule has 1 atom stereocenters. The fourth-order valence-corrected chi connectivity index (χ4v) is 4.33. The first-order chi connectivity index (χ1) is 16.5. The number of likely N-dealkylation sites (tertiary alicyclic amines) is 1. The molecule has 9 heteroatoms. The van der Waals surface area contributed by atoms with Crippen molar-refractivity contribution in [2.24, 2.45) is 0 Å². The molecule has 34 heavy (non-hydrogen) atoms. The second-order valence-corrected chi connectivity index (χ2v) is 8.69. The summed E-state index contributed by atoms with van der Waals surface area (Å²) in [4.78, 5) is 19.4. The number of methoxy groups -OCH3 is 2. The highest BCUT2D eigenvalue weighted by Crippen LogP contribution is 2.34. The molecule has 1 aliphatic heterocycles. The number of benzene rings is 2. The van der Waals surface area contributed by atoms with Gasteiger partial charge in [0.15, 0.2) is 0 Å². The number of fused-ring (bicyclic) bond motifs is 1. The van der Waals surface area contributed by atoms with Crippen LogP contribution in [0.3, 0.4) is 0 Å². The number of rotatable bonds is 9. The Morgan fingerprint density at radius 1 is 1.26 bits per heavy atom. The molecule has 3 aromatic rings. The fraction of sp³-hybridized carbons (Fsp3) is 0.360. The minimum absolute atomic E-state index is 0.0199. The highest BCUT2D eigenvalue weighted by molar-refractivity contribution is 6.31. The molecule has 0 aliphatic carbocycles. The zero-order valence-corrected chi connectivity index (χ0v) is 20.0. The van der Waals surface area contributed by atoms with Crippen LogP contribution in [0.4, 0.5) is 21.6 Å². The number of nitrogens with zero attached hydrogens (tertiary/aromatic N) is 2. The van der Waals surface area contributed by atoms with E-state index in [1.54, 1.807) is 26.5 Å². The van der Waals surface area contributed by atoms with Crippen LogP contribution in [0.1, 0.15) is 19.3 Å². The highest BCUT2D eigenvalue weighted by Gasteiger charge is 2.21. The van der Waals surface area contributed by atoms with Crippen LogP contribution >= 0.6 is 11.6 Å². The summed E-state index contributed by atoms with van der Waals surface area (Å²) in [7, 11) is 3.31. The van der Waals surface area contributed by atoms with Gasteiger partial charge < -0.3 is 25.0 Å². The van der Waals surface area contributed by atoms with Crippen LogP contribution in [0, 0.1) is 5.82 Å². The molecular weight excluding hydrogens is 459 g/mol. The SMILES string of the molecule is COc1cc2ccnc(Nc3ccc(F)c(Cl)c3)c2cc1NC(=O)CCCN1CCC(OC)C1. The van der Waals surface area contributed by atoms with Crippen LogP contribution in [0.2, 0.25) is 5.02 Å². The molecule has 1 saturated heterocycles. The van der Waals surface area contributed by atoms with Gasteiger partial charge in [0.25, 0.3) is 0 Å². The Labute approximate surface area is 203 Å². The topological polar surface area (TPSA) is 75.7 Å². The normalized spacial score (nSPS) is 16.1. The number of amides is 1. The molecule has 2 heterocycles. The van der Waals surface area contributed by atoms with Crippen LogP contribution in [-0.2, 0) is 9.53 Å². The summed E-state index contributed by atoms with van der Waals surface area (Å²) < 4.78 is 24.4. The van der Waals surface area contributed by atoms with Crippen molar-refractivity contribution in [3.8, 4) is 5.75 Å². The van der Waals surface area contributed by atoms with Crippen LogP contribution in [0.5, 0.6) is 5.75 Å². The van der Waals surface area contributed by atoms with E-state index >= 15 is 0 Å². The van der Waals surface area contributed by atoms with Crippen molar-refractivity contribution in [3.05, 3.63) is 53.4 Å². The predicted molar refractivity (Wildman–Crippen MR) is 133 cm³/mol. The predicted octanol–water partition coefficient (Wildman–Crippen LogP) is 5.22. The summed E-state index contributed by atoms with van der Waals surface area (Å²) in [5, 5.41) is 7.82. The van der Waals surface area contributed by atoms with E-state index in [9.17, 15) is 9.18 Å². The maximum Gasteiger partial charge on any atom is 0.224 e. The summed E-state index contributed by atoms with van der Waals surface area (Å²) in [6.07, 6.45) is 4.16. The first kappa shape index (κ1) is 24.2. The third kappa shape index (κ3) is 5.75. The molecule has 2 aromatic carbocycles. The van der Waals surface area contributed by atoms with Gasteiger partial charge in [-0.25, -0.2) is 9.37 Å². The van der Waals surface area contributed by atoms with E-state index in [1.165, 1.54) is 12.1 Å². The lowest BCUT2D eigenvalue weighted by molar-refractivity contribution is -0.116. The van der Waals surface area contributed by atoms with Gasteiger partial charge in [0.1, 0.15) is 17.4 Å². The monoisotopic (exact) mass is 486 g/mol. The molecule has 4 rings (SSSR count). The van der Waals surface area contributed by atoms with Gasteiger partial charge in [-0.2, -0.15) is 0 Å². The summed E-state index contributed by atoms with van der Waals surface area (Å²) in [5.74, 6) is 0.547. The highest BCUT2D eigenvalue weighted by atomic mass is 35.5. The van der Waals surface area contributed by atoms with E-state index in [0.717, 1.165) is 43.2 Å². The number of nitrogens with one attached hydrogen (secondary N) is 2. The van der Waals surface area contributed by atoms with Crippen molar-refractivity contribution >= 4 is 45.5 Å². The Kier molecular flexibility index (Phi) is 7.82. The number of carbonyl (C=O) groups is 1. The molecule has 2 N–H and O–H groups in total. The zero-order chi connectivity index (χ0) is 24.1. The largest absolute Gasteiger partial charge is 0.495 e. The number of hydrogen-bond donors (Lipinski definition) is 2. The lowest BCUT2D eigenvalue weighted by Gasteiger charge is -2.16. The maximum absolute atomic E-state index is 13.5. The standard InChI is InChI=1S/C25H28ClFN4O3/c1-33-18-8-11-31(15-18)10-3-4-24(32)30-22-14-19-16(12-23(22)34-2)7-9-28-25(19)29-17-5-6-21(27)20(26)13-17/h5-7,9,12-14,18H,3-4,8,10-11,15H2,1-2H3,(H,28,29)(H,30,32). The van der Waals surface area contributed by atoms with Gasteiger partial charge in [-0.3, -0.25) is 4.79 Å². The number of halogens is 2. The number of hydrogen-bond acceptors (Lipinski definition) is 6. The van der Waals surface area contributed by atoms with E-state index in [0.29, 0.717) is 29.4 Å². The summed E-state index contributed by atoms with van der Waals surface area (Å²) in [5.41, 5.74) is 1.17. The Balaban J connectivity index is 1.47. The molecule has 1 amide bonds. The maximum atomic E-state index is 13.5. The van der Waals surface area contributed by atoms with Gasteiger partial charge in [0.05, 0.1) is 23.9 Å². The molecule has 1 aliphatic rings. The Hall–Kier alpha value is -2.94. The molecule has 0 bridgehead atoms. The van der Waals surface area contributed by atoms with Crippen molar-refractivity contribution < 1.29 is 18.7 Å². The molecule has 0 spiro atoms. The first-order valence-corrected chi connectivity index (χ1v) is 11.6. The molecule has 180 valence electrons. The smallest absolute Gasteiger partial charge is 0.224 e. The summed E-state index contributed by atoms with van der Waals surface area (Å²) >= 11 is 5.91. The Morgan fingerprint density at radius 2 is 2.12 bits per heavy atom. The van der Waals surface area contributed by atoms with Gasteiger partial charge in [0.2, 0.25) is 5.91 Å². The third-order valence-electron chi connectivity index (χ3n) is 5.98. The third-order valence-corrected chi connectivity index (χ3v) is 6.27. The second kappa shape index (κ2) is 11.0. The minimum atomic E-state index is -0.490. The van der Waals surface area contributed by atoms with Crippen molar-refractivity contribution in [1.29, 1.82) is 0 Å².